The van der Waals surface area contributed by atoms with Crippen molar-refractivity contribution in [3.63, 3.8) is 0 Å². The van der Waals surface area contributed by atoms with Gasteiger partial charge in [-0.15, -0.1) is 0 Å². The summed E-state index contributed by atoms with van der Waals surface area (Å²) < 4.78 is 5.14. The van der Waals surface area contributed by atoms with Crippen LogP contribution in [-0.4, -0.2) is 25.5 Å². The molecule has 1 aliphatic rings. The van der Waals surface area contributed by atoms with E-state index in [1.807, 2.05) is 0 Å². The fourth-order valence-corrected chi connectivity index (χ4v) is 3.14. The fourth-order valence-electron chi connectivity index (χ4n) is 2.75. The predicted octanol–water partition coefficient (Wildman–Crippen LogP) is 3.99. The van der Waals surface area contributed by atoms with Gasteiger partial charge in [-0.1, -0.05) is 29.3 Å². The number of carbonyl (C=O) groups is 2. The zero-order valence-electron chi connectivity index (χ0n) is 13.5. The van der Waals surface area contributed by atoms with Crippen LogP contribution in [0, 0.1) is 5.92 Å². The first-order chi connectivity index (χ1) is 12.0. The van der Waals surface area contributed by atoms with E-state index in [0.717, 1.165) is 0 Å². The number of carbonyl (C=O) groups excluding carboxylic acids is 2. The van der Waals surface area contributed by atoms with Crippen LogP contribution < -0.4 is 15.0 Å². The average molecular weight is 379 g/mol. The molecule has 1 saturated heterocycles. The highest BCUT2D eigenvalue weighted by Gasteiger charge is 2.36. The minimum atomic E-state index is -0.464. The van der Waals surface area contributed by atoms with Crippen molar-refractivity contribution in [2.75, 3.05) is 23.9 Å². The zero-order valence-corrected chi connectivity index (χ0v) is 15.0. The number of rotatable bonds is 4. The van der Waals surface area contributed by atoms with Gasteiger partial charge in [-0.25, -0.2) is 0 Å². The maximum atomic E-state index is 12.5. The smallest absolute Gasteiger partial charge is 0.229 e. The van der Waals surface area contributed by atoms with Gasteiger partial charge in [-0.05, 0) is 30.3 Å². The lowest BCUT2D eigenvalue weighted by Crippen LogP contribution is -2.28. The summed E-state index contributed by atoms with van der Waals surface area (Å²) in [5.41, 5.74) is 1.15. The number of benzene rings is 2. The third-order valence-corrected chi connectivity index (χ3v) is 4.59. The lowest BCUT2D eigenvalue weighted by molar-refractivity contribution is -0.122. The van der Waals surface area contributed by atoms with Crippen LogP contribution in [0.5, 0.6) is 5.75 Å². The molecule has 2 aromatic carbocycles. The van der Waals surface area contributed by atoms with Crippen LogP contribution in [0.1, 0.15) is 6.42 Å². The third kappa shape index (κ3) is 3.89. The summed E-state index contributed by atoms with van der Waals surface area (Å²) >= 11 is 12.2. The third-order valence-electron chi connectivity index (χ3n) is 4.03. The molecule has 1 heterocycles. The first-order valence-electron chi connectivity index (χ1n) is 7.68. The van der Waals surface area contributed by atoms with Gasteiger partial charge in [0, 0.05) is 29.7 Å². The Morgan fingerprint density at radius 3 is 2.80 bits per heavy atom. The van der Waals surface area contributed by atoms with Gasteiger partial charge in [0.2, 0.25) is 11.8 Å². The van der Waals surface area contributed by atoms with Gasteiger partial charge in [0.15, 0.2) is 0 Å². The van der Waals surface area contributed by atoms with Crippen molar-refractivity contribution in [2.45, 2.75) is 6.42 Å². The van der Waals surface area contributed by atoms with Gasteiger partial charge in [-0.2, -0.15) is 0 Å². The number of hydrogen-bond donors (Lipinski definition) is 1. The average Bonchev–Trinajstić information content (AvgIpc) is 2.99. The van der Waals surface area contributed by atoms with Crippen LogP contribution in [0.25, 0.3) is 0 Å². The highest BCUT2D eigenvalue weighted by Crippen LogP contribution is 2.33. The second-order valence-electron chi connectivity index (χ2n) is 5.72. The SMILES string of the molecule is COc1cccc(NC(=O)[C@H]2CC(=O)N(c3cc(Cl)ccc3Cl)C2)c1. The second kappa shape index (κ2) is 7.33. The fraction of sp³-hybridized carbons (Fsp3) is 0.222. The molecular formula is C18H16Cl2N2O3. The number of ether oxygens (including phenoxy) is 1. The van der Waals surface area contributed by atoms with Crippen molar-refractivity contribution in [2.24, 2.45) is 5.92 Å². The van der Waals surface area contributed by atoms with Gasteiger partial charge in [-0.3, -0.25) is 9.59 Å². The molecule has 0 spiro atoms. The Hall–Kier alpha value is -2.24. The van der Waals surface area contributed by atoms with Crippen molar-refractivity contribution in [3.05, 3.63) is 52.5 Å². The monoisotopic (exact) mass is 378 g/mol. The Kier molecular flexibility index (Phi) is 5.16. The summed E-state index contributed by atoms with van der Waals surface area (Å²) in [7, 11) is 1.56. The van der Waals surface area contributed by atoms with E-state index in [0.29, 0.717) is 27.2 Å². The number of amides is 2. The molecule has 130 valence electrons. The number of hydrogen-bond acceptors (Lipinski definition) is 3. The molecule has 0 unspecified atom stereocenters. The number of methoxy groups -OCH3 is 1. The molecule has 2 amide bonds. The summed E-state index contributed by atoms with van der Waals surface area (Å²) in [4.78, 5) is 26.3. The van der Waals surface area contributed by atoms with E-state index in [1.165, 1.54) is 4.90 Å². The van der Waals surface area contributed by atoms with Crippen LogP contribution in [0.4, 0.5) is 11.4 Å². The Morgan fingerprint density at radius 2 is 2.04 bits per heavy atom. The van der Waals surface area contributed by atoms with Crippen LogP contribution >= 0.6 is 23.2 Å². The molecule has 1 aliphatic heterocycles. The largest absolute Gasteiger partial charge is 0.497 e. The molecule has 0 bridgehead atoms. The molecule has 1 fully saturated rings. The number of nitrogens with one attached hydrogen (secondary N) is 1. The van der Waals surface area contributed by atoms with Crippen molar-refractivity contribution in [1.29, 1.82) is 0 Å². The second-order valence-corrected chi connectivity index (χ2v) is 6.57. The summed E-state index contributed by atoms with van der Waals surface area (Å²) in [6, 6.07) is 12.0. The van der Waals surface area contributed by atoms with Gasteiger partial charge >= 0.3 is 0 Å². The number of halogens is 2. The van der Waals surface area contributed by atoms with Gasteiger partial charge in [0.1, 0.15) is 5.75 Å². The van der Waals surface area contributed by atoms with Crippen molar-refractivity contribution < 1.29 is 14.3 Å². The standard InChI is InChI=1S/C18H16Cl2N2O3/c1-25-14-4-2-3-13(9-14)21-18(24)11-7-17(23)22(10-11)16-8-12(19)5-6-15(16)20/h2-6,8-9,11H,7,10H2,1H3,(H,21,24)/t11-/m0/s1. The normalized spacial score (nSPS) is 16.8. The minimum absolute atomic E-state index is 0.124. The van der Waals surface area contributed by atoms with Crippen LogP contribution in [0.3, 0.4) is 0 Å². The molecule has 3 rings (SSSR count). The summed E-state index contributed by atoms with van der Waals surface area (Å²) in [5.74, 6) is -0.196. The molecule has 0 radical (unpaired) electrons. The number of anilines is 2. The van der Waals surface area contributed by atoms with Crippen LogP contribution in [-0.2, 0) is 9.59 Å². The summed E-state index contributed by atoms with van der Waals surface area (Å²) in [6.45, 7) is 0.259. The molecule has 2 aromatic rings. The Morgan fingerprint density at radius 1 is 1.24 bits per heavy atom. The van der Waals surface area contributed by atoms with E-state index in [9.17, 15) is 9.59 Å². The molecule has 25 heavy (non-hydrogen) atoms. The van der Waals surface area contributed by atoms with Crippen molar-refractivity contribution in [3.8, 4) is 5.75 Å². The predicted molar refractivity (Wildman–Crippen MR) is 98.5 cm³/mol. The van der Waals surface area contributed by atoms with E-state index in [-0.39, 0.29) is 24.8 Å². The van der Waals surface area contributed by atoms with Gasteiger partial charge in [0.05, 0.1) is 23.7 Å². The highest BCUT2D eigenvalue weighted by atomic mass is 35.5. The van der Waals surface area contributed by atoms with E-state index >= 15 is 0 Å². The first kappa shape index (κ1) is 17.6. The topological polar surface area (TPSA) is 58.6 Å². The molecule has 0 aliphatic carbocycles. The highest BCUT2D eigenvalue weighted by molar-refractivity contribution is 6.36. The van der Waals surface area contributed by atoms with E-state index in [4.69, 9.17) is 27.9 Å². The van der Waals surface area contributed by atoms with E-state index in [2.05, 4.69) is 5.32 Å². The van der Waals surface area contributed by atoms with Crippen LogP contribution in [0.15, 0.2) is 42.5 Å². The summed E-state index contributed by atoms with van der Waals surface area (Å²) in [5, 5.41) is 3.73. The molecule has 0 aromatic heterocycles. The molecule has 1 atom stereocenters. The lowest BCUT2D eigenvalue weighted by Gasteiger charge is -2.18. The Balaban J connectivity index is 1.73. The molecule has 0 saturated carbocycles. The van der Waals surface area contributed by atoms with Crippen molar-refractivity contribution in [1.82, 2.24) is 0 Å². The van der Waals surface area contributed by atoms with Crippen molar-refractivity contribution >= 4 is 46.4 Å². The maximum Gasteiger partial charge on any atom is 0.229 e. The maximum absolute atomic E-state index is 12.5. The molecular weight excluding hydrogens is 363 g/mol. The summed E-state index contributed by atoms with van der Waals surface area (Å²) in [6.07, 6.45) is 0.124. The first-order valence-corrected chi connectivity index (χ1v) is 8.44. The van der Waals surface area contributed by atoms with Gasteiger partial charge < -0.3 is 15.0 Å². The van der Waals surface area contributed by atoms with E-state index < -0.39 is 5.92 Å². The van der Waals surface area contributed by atoms with Crippen LogP contribution in [0.2, 0.25) is 10.0 Å². The Labute approximate surface area is 155 Å². The zero-order chi connectivity index (χ0) is 18.0. The number of nitrogens with zero attached hydrogens (tertiary/aromatic N) is 1. The quantitative estimate of drug-likeness (QED) is 0.874. The molecule has 1 N–H and O–H groups in total. The van der Waals surface area contributed by atoms with Gasteiger partial charge in [0.25, 0.3) is 0 Å². The lowest BCUT2D eigenvalue weighted by atomic mass is 10.1. The van der Waals surface area contributed by atoms with E-state index in [1.54, 1.807) is 49.6 Å². The molecule has 7 heteroatoms. The molecule has 5 nitrogen and oxygen atoms in total. The Bertz CT molecular complexity index is 826. The minimum Gasteiger partial charge on any atom is -0.497 e.